The van der Waals surface area contributed by atoms with Gasteiger partial charge in [0, 0.05) is 0 Å². The van der Waals surface area contributed by atoms with Gasteiger partial charge in [0.2, 0.25) is 5.06 Å². The van der Waals surface area contributed by atoms with Crippen molar-refractivity contribution in [3.63, 3.8) is 0 Å². The fourth-order valence-electron chi connectivity index (χ4n) is 1.79. The minimum Gasteiger partial charge on any atom is -0.488 e. The number of benzene rings is 1. The highest BCUT2D eigenvalue weighted by Crippen LogP contribution is 2.31. The van der Waals surface area contributed by atoms with E-state index in [1.165, 1.54) is 11.8 Å². The molecule has 17 heavy (non-hydrogen) atoms. The second kappa shape index (κ2) is 4.30. The molecule has 1 aromatic carbocycles. The Kier molecular flexibility index (Phi) is 2.79. The molecule has 0 aliphatic carbocycles. The summed E-state index contributed by atoms with van der Waals surface area (Å²) in [6.45, 7) is 0.786. The third kappa shape index (κ3) is 2.30. The number of aliphatic imine (C=N–C) groups is 1. The lowest BCUT2D eigenvalue weighted by atomic mass is 10.3. The number of para-hydroxylation sites is 1. The molecule has 1 saturated heterocycles. The van der Waals surface area contributed by atoms with Gasteiger partial charge in [0.05, 0.1) is 6.67 Å². The van der Waals surface area contributed by atoms with Crippen LogP contribution in [0.2, 0.25) is 0 Å². The van der Waals surface area contributed by atoms with Gasteiger partial charge < -0.3 is 9.84 Å². The van der Waals surface area contributed by atoms with Crippen molar-refractivity contribution in [3.05, 3.63) is 30.3 Å². The highest BCUT2D eigenvalue weighted by atomic mass is 32.2. The highest BCUT2D eigenvalue weighted by Gasteiger charge is 2.44. The zero-order chi connectivity index (χ0) is 11.7. The second-order valence-electron chi connectivity index (χ2n) is 3.92. The quantitative estimate of drug-likeness (QED) is 0.722. The minimum absolute atomic E-state index is 0.0376. The van der Waals surface area contributed by atoms with Crippen LogP contribution in [0.4, 0.5) is 0 Å². The maximum atomic E-state index is 10.3. The van der Waals surface area contributed by atoms with Crippen molar-refractivity contribution in [1.82, 2.24) is 10.6 Å². The number of nitrogens with zero attached hydrogens (tertiary/aromatic N) is 1. The molecule has 1 fully saturated rings. The van der Waals surface area contributed by atoms with Crippen LogP contribution in [0.3, 0.4) is 0 Å². The van der Waals surface area contributed by atoms with Crippen LogP contribution in [-0.2, 0) is 0 Å². The number of hydrogen-bond acceptors (Lipinski definition) is 6. The van der Waals surface area contributed by atoms with Gasteiger partial charge in [-0.25, -0.2) is 0 Å². The van der Waals surface area contributed by atoms with Gasteiger partial charge in [0.15, 0.2) is 0 Å². The Morgan fingerprint density at radius 3 is 3.06 bits per heavy atom. The van der Waals surface area contributed by atoms with E-state index < -0.39 is 5.06 Å². The zero-order valence-corrected chi connectivity index (χ0v) is 9.91. The molecule has 2 unspecified atom stereocenters. The lowest BCUT2D eigenvalue weighted by molar-refractivity contribution is 0.0460. The Morgan fingerprint density at radius 2 is 2.29 bits per heavy atom. The maximum absolute atomic E-state index is 10.3. The second-order valence-corrected chi connectivity index (χ2v) is 5.22. The Hall–Kier alpha value is -1.08. The van der Waals surface area contributed by atoms with Gasteiger partial charge in [-0.1, -0.05) is 30.0 Å². The van der Waals surface area contributed by atoms with Gasteiger partial charge in [-0.05, 0) is 12.1 Å². The van der Waals surface area contributed by atoms with Crippen molar-refractivity contribution in [3.8, 4) is 5.75 Å². The highest BCUT2D eigenvalue weighted by molar-refractivity contribution is 8.15. The van der Waals surface area contributed by atoms with Crippen LogP contribution in [0.1, 0.15) is 0 Å². The Morgan fingerprint density at radius 1 is 1.47 bits per heavy atom. The van der Waals surface area contributed by atoms with Crippen LogP contribution < -0.4 is 15.4 Å². The fraction of sp³-hybridized carbons (Fsp3) is 0.364. The van der Waals surface area contributed by atoms with Gasteiger partial charge in [0.25, 0.3) is 0 Å². The lowest BCUT2D eigenvalue weighted by Gasteiger charge is -2.22. The number of nitrogens with one attached hydrogen (secondary N) is 2. The van der Waals surface area contributed by atoms with Gasteiger partial charge in [-0.15, -0.1) is 0 Å². The number of ether oxygens (including phenoxy) is 1. The summed E-state index contributed by atoms with van der Waals surface area (Å²) in [7, 11) is 0. The minimum atomic E-state index is -1.10. The monoisotopic (exact) mass is 251 g/mol. The largest absolute Gasteiger partial charge is 0.488 e. The van der Waals surface area contributed by atoms with E-state index in [0.717, 1.165) is 10.8 Å². The molecule has 6 heteroatoms. The van der Waals surface area contributed by atoms with Crippen LogP contribution in [-0.4, -0.2) is 34.6 Å². The Bertz CT molecular complexity index is 440. The molecule has 0 radical (unpaired) electrons. The smallest absolute Gasteiger partial charge is 0.206 e. The summed E-state index contributed by atoms with van der Waals surface area (Å²) in [5, 5.41) is 16.2. The van der Waals surface area contributed by atoms with E-state index in [0.29, 0.717) is 6.67 Å². The topological polar surface area (TPSA) is 65.9 Å². The van der Waals surface area contributed by atoms with Gasteiger partial charge in [-0.2, -0.15) is 0 Å². The zero-order valence-electron chi connectivity index (χ0n) is 9.09. The number of rotatable bonds is 3. The van der Waals surface area contributed by atoms with E-state index in [4.69, 9.17) is 4.74 Å². The molecule has 0 saturated carbocycles. The molecule has 2 aliphatic heterocycles. The predicted molar refractivity (Wildman–Crippen MR) is 66.8 cm³/mol. The molecule has 3 rings (SSSR count). The molecule has 0 aromatic heterocycles. The number of fused-ring (bicyclic) bond motifs is 1. The van der Waals surface area contributed by atoms with E-state index in [9.17, 15) is 5.11 Å². The normalized spacial score (nSPS) is 31.1. The average molecular weight is 251 g/mol. The first-order valence-corrected chi connectivity index (χ1v) is 6.21. The Labute approximate surface area is 103 Å². The molecular weight excluding hydrogens is 238 g/mol. The maximum Gasteiger partial charge on any atom is 0.206 e. The fourth-order valence-corrected chi connectivity index (χ4v) is 2.82. The first-order valence-electron chi connectivity index (χ1n) is 5.40. The van der Waals surface area contributed by atoms with Crippen LogP contribution in [0.25, 0.3) is 0 Å². The molecule has 2 heterocycles. The summed E-state index contributed by atoms with van der Waals surface area (Å²) in [6.07, 6.45) is -0.0376. The van der Waals surface area contributed by atoms with Crippen molar-refractivity contribution >= 4 is 16.8 Å². The van der Waals surface area contributed by atoms with Crippen LogP contribution in [0, 0.1) is 0 Å². The molecule has 2 atom stereocenters. The number of hydrogen-bond donors (Lipinski definition) is 3. The predicted octanol–water partition coefficient (Wildman–Crippen LogP) is 0.333. The van der Waals surface area contributed by atoms with Crippen molar-refractivity contribution in [2.45, 2.75) is 11.2 Å². The summed E-state index contributed by atoms with van der Waals surface area (Å²) >= 11 is 1.31. The van der Waals surface area contributed by atoms with Crippen LogP contribution >= 0.6 is 11.8 Å². The summed E-state index contributed by atoms with van der Waals surface area (Å²) in [6, 6.07) is 9.44. The van der Waals surface area contributed by atoms with Gasteiger partial charge in [-0.3, -0.25) is 15.6 Å². The molecule has 0 amide bonds. The summed E-state index contributed by atoms with van der Waals surface area (Å²) in [5.41, 5.74) is 0. The molecule has 5 nitrogen and oxygen atoms in total. The van der Waals surface area contributed by atoms with E-state index in [1.807, 2.05) is 30.3 Å². The van der Waals surface area contributed by atoms with Crippen molar-refractivity contribution in [2.24, 2.45) is 4.99 Å². The summed E-state index contributed by atoms with van der Waals surface area (Å²) < 4.78 is 5.54. The molecule has 3 N–H and O–H groups in total. The summed E-state index contributed by atoms with van der Waals surface area (Å²) in [5.74, 6) is 0.746. The SMILES string of the molecule is OC1(COc2ccccc2)NC2NCN=C2S1. The van der Waals surface area contributed by atoms with E-state index in [1.54, 1.807) is 0 Å². The Balaban J connectivity index is 1.62. The molecule has 90 valence electrons. The van der Waals surface area contributed by atoms with Crippen LogP contribution in [0.15, 0.2) is 35.3 Å². The molecule has 0 spiro atoms. The lowest BCUT2D eigenvalue weighted by Crippen LogP contribution is -2.50. The summed E-state index contributed by atoms with van der Waals surface area (Å²) in [4.78, 5) is 4.24. The van der Waals surface area contributed by atoms with Crippen molar-refractivity contribution in [2.75, 3.05) is 13.3 Å². The number of aliphatic hydroxyl groups is 1. The molecule has 2 aliphatic rings. The third-order valence-electron chi connectivity index (χ3n) is 2.60. The molecule has 1 aromatic rings. The van der Waals surface area contributed by atoms with E-state index in [-0.39, 0.29) is 12.8 Å². The van der Waals surface area contributed by atoms with Gasteiger partial charge in [0.1, 0.15) is 23.6 Å². The van der Waals surface area contributed by atoms with Gasteiger partial charge >= 0.3 is 0 Å². The average Bonchev–Trinajstić information content (AvgIpc) is 2.86. The van der Waals surface area contributed by atoms with E-state index >= 15 is 0 Å². The van der Waals surface area contributed by atoms with Crippen molar-refractivity contribution < 1.29 is 9.84 Å². The number of thioether (sulfide) groups is 1. The first-order chi connectivity index (χ1) is 8.25. The first kappa shape index (κ1) is 11.0. The third-order valence-corrected chi connectivity index (χ3v) is 3.75. The standard InChI is InChI=1S/C11H13N3O2S/c15-11(6-16-8-4-2-1-3-5-8)14-9-10(17-11)13-7-12-9/h1-5,9,12,14-15H,6-7H2. The van der Waals surface area contributed by atoms with E-state index in [2.05, 4.69) is 15.6 Å². The van der Waals surface area contributed by atoms with Crippen molar-refractivity contribution in [1.29, 1.82) is 0 Å². The molecule has 0 bridgehead atoms. The molecular formula is C11H13N3O2S. The van der Waals surface area contributed by atoms with Crippen LogP contribution in [0.5, 0.6) is 5.75 Å².